The van der Waals surface area contributed by atoms with Crippen LogP contribution in [0.25, 0.3) is 0 Å². The van der Waals surface area contributed by atoms with E-state index in [0.29, 0.717) is 6.26 Å². The van der Waals surface area contributed by atoms with Gasteiger partial charge in [-0.15, -0.1) is 0 Å². The molecular weight excluding hydrogens is 211 g/mol. The molecule has 0 rings (SSSR count). The molecule has 0 aliphatic rings. The van der Waals surface area contributed by atoms with E-state index in [4.69, 9.17) is 13.0 Å². The van der Waals surface area contributed by atoms with Gasteiger partial charge in [-0.2, -0.15) is 0 Å². The van der Waals surface area contributed by atoms with Crippen LogP contribution >= 0.6 is 0 Å². The molecule has 0 aliphatic heterocycles. The molecule has 0 aromatic carbocycles. The molecule has 0 bridgehead atoms. The molecule has 0 aliphatic carbocycles. The van der Waals surface area contributed by atoms with E-state index in [-0.39, 0.29) is 23.9 Å². The van der Waals surface area contributed by atoms with Crippen LogP contribution in [0.2, 0.25) is 0 Å². The summed E-state index contributed by atoms with van der Waals surface area (Å²) in [6.07, 6.45) is 0.604. The van der Waals surface area contributed by atoms with Crippen LogP contribution in [-0.2, 0) is 10.1 Å². The van der Waals surface area contributed by atoms with Crippen molar-refractivity contribution in [3.05, 3.63) is 0 Å². The number of rotatable bonds is 0. The van der Waals surface area contributed by atoms with Gasteiger partial charge in [0.2, 0.25) is 0 Å². The molecule has 3 nitrogen and oxygen atoms in total. The minimum absolute atomic E-state index is 0. The van der Waals surface area contributed by atoms with Crippen LogP contribution in [0.1, 0.15) is 0 Å². The summed E-state index contributed by atoms with van der Waals surface area (Å²) in [5.41, 5.74) is 0. The van der Waals surface area contributed by atoms with Crippen molar-refractivity contribution in [2.45, 2.75) is 0 Å². The Morgan fingerprint density at radius 3 is 1.50 bits per heavy atom. The first-order chi connectivity index (χ1) is 2.00. The van der Waals surface area contributed by atoms with Crippen molar-refractivity contribution in [3.63, 3.8) is 0 Å². The maximum atomic E-state index is 9.08. The molecule has 6 heavy (non-hydrogen) atoms. The topological polar surface area (TPSA) is 57.2 Å². The van der Waals surface area contributed by atoms with Crippen LogP contribution in [0.3, 0.4) is 0 Å². The van der Waals surface area contributed by atoms with Crippen LogP contribution in [0, 0.1) is 0 Å². The predicted octanol–water partition coefficient (Wildman–Crippen LogP) is -1.22. The van der Waals surface area contributed by atoms with Gasteiger partial charge in [-0.25, -0.2) is 8.42 Å². The first-order valence-electron chi connectivity index (χ1n) is 0.908. The maximum Gasteiger partial charge on any atom is 2.00 e. The zero-order valence-corrected chi connectivity index (χ0v) is 6.80. The summed E-state index contributed by atoms with van der Waals surface area (Å²) in [7, 11) is -3.92. The molecule has 0 aromatic heterocycles. The van der Waals surface area contributed by atoms with Gasteiger partial charge in [0.05, 0.1) is 10.1 Å². The second-order valence-electron chi connectivity index (χ2n) is 0.704. The molecule has 0 fully saturated rings. The van der Waals surface area contributed by atoms with Gasteiger partial charge in [-0.3, -0.25) is 0 Å². The van der Waals surface area contributed by atoms with Crippen molar-refractivity contribution in [2.24, 2.45) is 0 Å². The average Bonchev–Trinajstić information content (AvgIpc) is 0.722. The average molecular weight is 214 g/mol. The number of hydrogen-bond donors (Lipinski definition) is 0. The molecule has 0 saturated carbocycles. The Labute approximate surface area is 53.4 Å². The number of hydrogen-bond acceptors (Lipinski definition) is 3. The molecule has 0 amide bonds. The van der Waals surface area contributed by atoms with Crippen molar-refractivity contribution in [3.8, 4) is 0 Å². The maximum absolute atomic E-state index is 9.08. The molecule has 0 aromatic rings. The van der Waals surface area contributed by atoms with Gasteiger partial charge in [0.1, 0.15) is 0 Å². The fourth-order valence-electron chi connectivity index (χ4n) is 0. The zero-order valence-electron chi connectivity index (χ0n) is 3.13. The Bertz CT molecular complexity index is 94.0. The van der Waals surface area contributed by atoms with Crippen molar-refractivity contribution in [1.29, 1.82) is 0 Å². The second kappa shape index (κ2) is 2.81. The summed E-state index contributed by atoms with van der Waals surface area (Å²) in [5.74, 6) is 0. The van der Waals surface area contributed by atoms with Gasteiger partial charge in [0.25, 0.3) is 0 Å². The first kappa shape index (κ1) is 9.86. The van der Waals surface area contributed by atoms with Crippen LogP contribution in [-0.4, -0.2) is 43.1 Å². The van der Waals surface area contributed by atoms with E-state index >= 15 is 0 Å². The minimum atomic E-state index is -3.92. The van der Waals surface area contributed by atoms with Crippen molar-refractivity contribution in [1.82, 2.24) is 0 Å². The van der Waals surface area contributed by atoms with Gasteiger partial charge in [0, 0.05) is 6.26 Å². The van der Waals surface area contributed by atoms with Crippen LogP contribution in [0.4, 0.5) is 0 Å². The molecule has 5 heteroatoms. The quantitative estimate of drug-likeness (QED) is 0.375. The summed E-state index contributed by atoms with van der Waals surface area (Å²) in [6, 6.07) is 0. The van der Waals surface area contributed by atoms with E-state index in [9.17, 15) is 0 Å². The Hall–Kier alpha value is 0.709. The summed E-state index contributed by atoms with van der Waals surface area (Å²) in [6.45, 7) is 0. The Morgan fingerprint density at radius 2 is 1.50 bits per heavy atom. The van der Waals surface area contributed by atoms with E-state index in [1.807, 2.05) is 0 Å². The fraction of sp³-hybridized carbons (Fsp3) is 1.00. The van der Waals surface area contributed by atoms with E-state index in [1.54, 1.807) is 0 Å². The fourth-order valence-corrected chi connectivity index (χ4v) is 0. The monoisotopic (exact) mass is 215 g/mol. The Balaban J connectivity index is 0. The molecule has 0 heterocycles. The van der Waals surface area contributed by atoms with Crippen molar-refractivity contribution in [2.75, 3.05) is 6.26 Å². The third-order valence-corrected chi connectivity index (χ3v) is 0. The van der Waals surface area contributed by atoms with E-state index < -0.39 is 10.1 Å². The summed E-state index contributed by atoms with van der Waals surface area (Å²) >= 11 is 0. The van der Waals surface area contributed by atoms with E-state index in [0.717, 1.165) is 0 Å². The van der Waals surface area contributed by atoms with Gasteiger partial charge in [0.15, 0.2) is 0 Å². The van der Waals surface area contributed by atoms with Crippen LogP contribution < -0.4 is 0 Å². The van der Waals surface area contributed by atoms with Gasteiger partial charge in [-0.05, 0) is 0 Å². The molecule has 2 radical (unpaired) electrons. The third-order valence-electron chi connectivity index (χ3n) is 0. The van der Waals surface area contributed by atoms with Crippen LogP contribution in [0.15, 0.2) is 0 Å². The largest absolute Gasteiger partial charge is 2.00 e. The molecule has 0 spiro atoms. The Morgan fingerprint density at radius 1 is 1.50 bits per heavy atom. The van der Waals surface area contributed by atoms with E-state index in [2.05, 4.69) is 0 Å². The minimum Gasteiger partial charge on any atom is -0.748 e. The predicted molar refractivity (Wildman–Crippen MR) is 21.4 cm³/mol. The standard InChI is InChI=1S/CH4O3S.Sn/c1-5(2,3)4;/h1H3,(H,2,3,4);/q;+2/p-1. The Kier molecular flexibility index (Phi) is 4.62. The second-order valence-corrected chi connectivity index (χ2v) is 2.11. The molecule has 0 atom stereocenters. The molecular formula is CH3O3SSn+. The van der Waals surface area contributed by atoms with Gasteiger partial charge >= 0.3 is 23.9 Å². The molecule has 34 valence electrons. The first-order valence-corrected chi connectivity index (χ1v) is 2.72. The van der Waals surface area contributed by atoms with E-state index in [1.165, 1.54) is 0 Å². The third kappa shape index (κ3) is 129. The van der Waals surface area contributed by atoms with Gasteiger partial charge < -0.3 is 4.55 Å². The summed E-state index contributed by atoms with van der Waals surface area (Å²) in [5, 5.41) is 0. The summed E-state index contributed by atoms with van der Waals surface area (Å²) < 4.78 is 27.2. The molecule has 0 N–H and O–H groups in total. The van der Waals surface area contributed by atoms with Crippen molar-refractivity contribution < 1.29 is 13.0 Å². The van der Waals surface area contributed by atoms with Crippen LogP contribution in [0.5, 0.6) is 0 Å². The zero-order chi connectivity index (χ0) is 4.50. The molecule has 0 unspecified atom stereocenters. The normalized spacial score (nSPS) is 9.67. The van der Waals surface area contributed by atoms with Crippen molar-refractivity contribution >= 4 is 34.0 Å². The summed E-state index contributed by atoms with van der Waals surface area (Å²) in [4.78, 5) is 0. The SMILES string of the molecule is CS(=O)(=O)[O-].[Sn+2]. The smallest absolute Gasteiger partial charge is 0.748 e. The molecule has 0 saturated heterocycles. The van der Waals surface area contributed by atoms with Gasteiger partial charge in [-0.1, -0.05) is 0 Å².